The Hall–Kier alpha value is -4.14. The van der Waals surface area contributed by atoms with Crippen molar-refractivity contribution in [3.8, 4) is 17.3 Å². The topological polar surface area (TPSA) is 66.4 Å². The highest BCUT2D eigenvalue weighted by atomic mass is 19.1. The number of pyridine rings is 1. The van der Waals surface area contributed by atoms with Crippen LogP contribution in [0.3, 0.4) is 0 Å². The second-order valence-corrected chi connectivity index (χ2v) is 12.1. The molecular weight excluding hydrogens is 539 g/mol. The number of rotatable bonds is 7. The minimum atomic E-state index is -0.438. The molecule has 7 nitrogen and oxygen atoms in total. The maximum absolute atomic E-state index is 16.6. The SMILES string of the molecule is Fc1c(-c2cccc3ccccc23)ncc2c(N3C[C@H]4CC[C@@H](C3)N4)nc(OC[C@@H]3CCCN3Cc3ccccc3)nc12. The summed E-state index contributed by atoms with van der Waals surface area (Å²) in [6.07, 6.45) is 6.21. The summed E-state index contributed by atoms with van der Waals surface area (Å²) in [7, 11) is 0. The number of nitrogens with zero attached hydrogens (tertiary/aromatic N) is 5. The lowest BCUT2D eigenvalue weighted by atomic mass is 10.0. The molecule has 218 valence electrons. The first-order valence-electron chi connectivity index (χ1n) is 15.5. The number of hydrogen-bond donors (Lipinski definition) is 1. The van der Waals surface area contributed by atoms with Gasteiger partial charge in [0.05, 0.1) is 5.39 Å². The van der Waals surface area contributed by atoms with Crippen LogP contribution in [0.2, 0.25) is 0 Å². The molecular formula is C35H35FN6O. The van der Waals surface area contributed by atoms with E-state index in [1.807, 2.05) is 48.5 Å². The third kappa shape index (κ3) is 5.08. The zero-order chi connectivity index (χ0) is 28.8. The second kappa shape index (κ2) is 11.2. The van der Waals surface area contributed by atoms with Crippen LogP contribution >= 0.6 is 0 Å². The Morgan fingerprint density at radius 2 is 1.65 bits per heavy atom. The van der Waals surface area contributed by atoms with Crippen molar-refractivity contribution in [2.24, 2.45) is 0 Å². The molecule has 5 heterocycles. The molecule has 0 radical (unpaired) electrons. The number of aromatic nitrogens is 3. The van der Waals surface area contributed by atoms with Gasteiger partial charge in [-0.15, -0.1) is 0 Å². The number of likely N-dealkylation sites (tertiary alicyclic amines) is 1. The van der Waals surface area contributed by atoms with Gasteiger partial charge in [-0.25, -0.2) is 4.39 Å². The van der Waals surface area contributed by atoms with E-state index in [2.05, 4.69) is 44.4 Å². The lowest BCUT2D eigenvalue weighted by Crippen LogP contribution is -2.51. The molecule has 8 heteroatoms. The fourth-order valence-corrected chi connectivity index (χ4v) is 7.20. The van der Waals surface area contributed by atoms with Crippen molar-refractivity contribution in [2.45, 2.75) is 50.4 Å². The lowest BCUT2D eigenvalue weighted by molar-refractivity contribution is 0.160. The Balaban J connectivity index is 1.16. The highest BCUT2D eigenvalue weighted by Gasteiger charge is 2.34. The molecule has 8 rings (SSSR count). The van der Waals surface area contributed by atoms with Gasteiger partial charge in [0, 0.05) is 49.5 Å². The highest BCUT2D eigenvalue weighted by molar-refractivity contribution is 5.99. The number of fused-ring (bicyclic) bond motifs is 4. The monoisotopic (exact) mass is 574 g/mol. The number of piperazine rings is 1. The van der Waals surface area contributed by atoms with Crippen LogP contribution in [0.25, 0.3) is 32.9 Å². The number of halogens is 1. The predicted molar refractivity (Wildman–Crippen MR) is 168 cm³/mol. The molecule has 3 aliphatic heterocycles. The summed E-state index contributed by atoms with van der Waals surface area (Å²) in [5.41, 5.74) is 2.60. The van der Waals surface area contributed by atoms with E-state index < -0.39 is 5.82 Å². The van der Waals surface area contributed by atoms with Gasteiger partial charge in [0.1, 0.15) is 23.6 Å². The summed E-state index contributed by atoms with van der Waals surface area (Å²) < 4.78 is 22.9. The average Bonchev–Trinajstić information content (AvgIpc) is 3.64. The molecule has 3 atom stereocenters. The van der Waals surface area contributed by atoms with E-state index in [0.29, 0.717) is 35.6 Å². The summed E-state index contributed by atoms with van der Waals surface area (Å²) in [6, 6.07) is 25.8. The summed E-state index contributed by atoms with van der Waals surface area (Å²) in [5.74, 6) is 0.272. The molecule has 2 aromatic heterocycles. The van der Waals surface area contributed by atoms with Crippen molar-refractivity contribution in [1.82, 2.24) is 25.2 Å². The highest BCUT2D eigenvalue weighted by Crippen LogP contribution is 2.36. The number of hydrogen-bond acceptors (Lipinski definition) is 7. The fraction of sp³-hybridized carbons (Fsp3) is 0.343. The molecule has 0 unspecified atom stereocenters. The van der Waals surface area contributed by atoms with Crippen LogP contribution in [0.5, 0.6) is 6.01 Å². The van der Waals surface area contributed by atoms with Crippen molar-refractivity contribution >= 4 is 27.5 Å². The molecule has 0 amide bonds. The van der Waals surface area contributed by atoms with Gasteiger partial charge < -0.3 is 15.0 Å². The van der Waals surface area contributed by atoms with Crippen molar-refractivity contribution in [3.63, 3.8) is 0 Å². The second-order valence-electron chi connectivity index (χ2n) is 12.1. The van der Waals surface area contributed by atoms with Gasteiger partial charge in [-0.1, -0.05) is 72.8 Å². The van der Waals surface area contributed by atoms with E-state index in [9.17, 15) is 0 Å². The quantitative estimate of drug-likeness (QED) is 0.257. The maximum atomic E-state index is 16.6. The zero-order valence-corrected chi connectivity index (χ0v) is 24.1. The average molecular weight is 575 g/mol. The first-order valence-corrected chi connectivity index (χ1v) is 15.5. The molecule has 43 heavy (non-hydrogen) atoms. The van der Waals surface area contributed by atoms with Crippen LogP contribution in [0, 0.1) is 5.82 Å². The van der Waals surface area contributed by atoms with Gasteiger partial charge in [0.15, 0.2) is 5.82 Å². The standard InChI is InChI=1S/C35H35FN6O/c36-31-32(29-14-6-11-24-10-4-5-13-28(24)29)37-18-30-33(31)39-35(40-34(30)42-20-25-15-16-26(21-42)38-25)43-22-27-12-7-17-41(27)19-23-8-2-1-3-9-23/h1-6,8-11,13-14,18,25-27,38H,7,12,15-17,19-22H2/t25-,26+,27-/m0/s1. The van der Waals surface area contributed by atoms with E-state index in [-0.39, 0.29) is 17.6 Å². The van der Waals surface area contributed by atoms with Crippen LogP contribution in [0.4, 0.5) is 10.2 Å². The van der Waals surface area contributed by atoms with Crippen molar-refractivity contribution < 1.29 is 9.13 Å². The van der Waals surface area contributed by atoms with Gasteiger partial charge in [-0.05, 0) is 48.6 Å². The molecule has 1 N–H and O–H groups in total. The van der Waals surface area contributed by atoms with E-state index >= 15 is 4.39 Å². The molecule has 0 spiro atoms. The van der Waals surface area contributed by atoms with E-state index in [0.717, 1.165) is 68.2 Å². The molecule has 0 aliphatic carbocycles. The molecule has 3 saturated heterocycles. The van der Waals surface area contributed by atoms with E-state index in [4.69, 9.17) is 14.7 Å². The molecule has 2 bridgehead atoms. The zero-order valence-electron chi connectivity index (χ0n) is 24.1. The van der Waals surface area contributed by atoms with Gasteiger partial charge in [-0.3, -0.25) is 9.88 Å². The van der Waals surface area contributed by atoms with Gasteiger partial charge in [-0.2, -0.15) is 9.97 Å². The lowest BCUT2D eigenvalue weighted by Gasteiger charge is -2.34. The van der Waals surface area contributed by atoms with Crippen LogP contribution in [-0.4, -0.2) is 64.2 Å². The Morgan fingerprint density at radius 3 is 2.51 bits per heavy atom. The first kappa shape index (κ1) is 26.5. The Kier molecular flexibility index (Phi) is 6.88. The van der Waals surface area contributed by atoms with E-state index in [1.54, 1.807) is 6.20 Å². The normalized spacial score (nSPS) is 22.1. The predicted octanol–water partition coefficient (Wildman–Crippen LogP) is 5.97. The number of anilines is 1. The maximum Gasteiger partial charge on any atom is 0.319 e. The van der Waals surface area contributed by atoms with Gasteiger partial charge in [0.25, 0.3) is 0 Å². The molecule has 5 aromatic rings. The fourth-order valence-electron chi connectivity index (χ4n) is 7.20. The van der Waals surface area contributed by atoms with Crippen molar-refractivity contribution in [3.05, 3.63) is 90.4 Å². The summed E-state index contributed by atoms with van der Waals surface area (Å²) in [5, 5.41) is 6.32. The largest absolute Gasteiger partial charge is 0.462 e. The van der Waals surface area contributed by atoms with Crippen LogP contribution in [0.15, 0.2) is 79.0 Å². The van der Waals surface area contributed by atoms with Crippen molar-refractivity contribution in [1.29, 1.82) is 0 Å². The summed E-state index contributed by atoms with van der Waals surface area (Å²) >= 11 is 0. The van der Waals surface area contributed by atoms with Crippen LogP contribution in [-0.2, 0) is 6.54 Å². The molecule has 3 aromatic carbocycles. The Labute approximate surface area is 250 Å². The van der Waals surface area contributed by atoms with Crippen molar-refractivity contribution in [2.75, 3.05) is 31.1 Å². The van der Waals surface area contributed by atoms with Crippen LogP contribution < -0.4 is 15.0 Å². The van der Waals surface area contributed by atoms with Gasteiger partial charge >= 0.3 is 6.01 Å². The molecule has 3 aliphatic rings. The smallest absolute Gasteiger partial charge is 0.319 e. The number of ether oxygens (including phenoxy) is 1. The minimum absolute atomic E-state index is 0.230. The minimum Gasteiger partial charge on any atom is -0.462 e. The summed E-state index contributed by atoms with van der Waals surface area (Å²) in [4.78, 5) is 19.1. The molecule has 3 fully saturated rings. The van der Waals surface area contributed by atoms with Gasteiger partial charge in [0.2, 0.25) is 0 Å². The molecule has 0 saturated carbocycles. The first-order chi connectivity index (χ1) is 21.2. The number of nitrogens with one attached hydrogen (secondary N) is 1. The third-order valence-electron chi connectivity index (χ3n) is 9.34. The Morgan fingerprint density at radius 1 is 0.860 bits per heavy atom. The summed E-state index contributed by atoms with van der Waals surface area (Å²) in [6.45, 7) is 4.03. The third-order valence-corrected chi connectivity index (χ3v) is 9.34. The van der Waals surface area contributed by atoms with E-state index in [1.165, 1.54) is 5.56 Å². The number of benzene rings is 3. The Bertz CT molecular complexity index is 1760. The van der Waals surface area contributed by atoms with Crippen LogP contribution in [0.1, 0.15) is 31.2 Å².